The van der Waals surface area contributed by atoms with Gasteiger partial charge in [-0.2, -0.15) is 0 Å². The first-order chi connectivity index (χ1) is 9.95. The molecule has 0 unspecified atom stereocenters. The zero-order valence-electron chi connectivity index (χ0n) is 10.7. The van der Waals surface area contributed by atoms with Crippen LogP contribution in [-0.2, 0) is 4.79 Å². The Balaban J connectivity index is 2.28. The summed E-state index contributed by atoms with van der Waals surface area (Å²) in [6, 6.07) is 10.6. The Hall–Kier alpha value is -1.79. The lowest BCUT2D eigenvalue weighted by molar-refractivity contribution is -0.131. The summed E-state index contributed by atoms with van der Waals surface area (Å²) in [5, 5.41) is 8.64. The van der Waals surface area contributed by atoms with Gasteiger partial charge in [-0.05, 0) is 79.9 Å². The van der Waals surface area contributed by atoms with Gasteiger partial charge in [-0.25, -0.2) is 4.79 Å². The summed E-state index contributed by atoms with van der Waals surface area (Å²) in [4.78, 5) is 10.5. The van der Waals surface area contributed by atoms with Gasteiger partial charge in [0.15, 0.2) is 5.75 Å². The third kappa shape index (κ3) is 4.34. The minimum atomic E-state index is -0.996. The van der Waals surface area contributed by atoms with Gasteiger partial charge < -0.3 is 15.6 Å². The van der Waals surface area contributed by atoms with Crippen molar-refractivity contribution in [2.45, 2.75) is 0 Å². The molecule has 0 bridgehead atoms. The fraction of sp³-hybridized carbons (Fsp3) is 0. The van der Waals surface area contributed by atoms with Crippen molar-refractivity contribution < 1.29 is 14.6 Å². The van der Waals surface area contributed by atoms with Crippen molar-refractivity contribution in [3.05, 3.63) is 57.0 Å². The average Bonchev–Trinajstić information content (AvgIpc) is 2.42. The number of rotatable bonds is 4. The summed E-state index contributed by atoms with van der Waals surface area (Å²) < 4.78 is 7.20. The molecule has 0 aliphatic heterocycles. The molecule has 2 rings (SSSR count). The summed E-state index contributed by atoms with van der Waals surface area (Å²) in [7, 11) is 0. The van der Waals surface area contributed by atoms with Crippen LogP contribution in [0.2, 0.25) is 0 Å². The number of carboxylic acid groups (broad SMARTS) is 1. The number of hydrogen-bond acceptors (Lipinski definition) is 3. The van der Waals surface area contributed by atoms with E-state index in [2.05, 4.69) is 31.9 Å². The Bertz CT molecular complexity index is 674. The first-order valence-electron chi connectivity index (χ1n) is 5.89. The molecule has 4 nitrogen and oxygen atoms in total. The van der Waals surface area contributed by atoms with Crippen LogP contribution >= 0.6 is 31.9 Å². The van der Waals surface area contributed by atoms with Crippen LogP contribution in [-0.4, -0.2) is 11.1 Å². The van der Waals surface area contributed by atoms with Crippen molar-refractivity contribution in [3.63, 3.8) is 0 Å². The highest BCUT2D eigenvalue weighted by atomic mass is 79.9. The molecule has 0 fully saturated rings. The third-order valence-electron chi connectivity index (χ3n) is 2.54. The molecule has 0 spiro atoms. The highest BCUT2D eigenvalue weighted by Crippen LogP contribution is 2.38. The molecule has 21 heavy (non-hydrogen) atoms. The molecule has 108 valence electrons. The Labute approximate surface area is 138 Å². The molecule has 6 heteroatoms. The lowest BCUT2D eigenvalue weighted by Gasteiger charge is -2.11. The summed E-state index contributed by atoms with van der Waals surface area (Å²) in [5.74, 6) is 0.260. The number of halogens is 2. The minimum absolute atomic E-state index is 0.604. The molecule has 0 aliphatic carbocycles. The highest BCUT2D eigenvalue weighted by Gasteiger charge is 2.09. The zero-order chi connectivity index (χ0) is 15.4. The van der Waals surface area contributed by atoms with Crippen LogP contribution in [0.3, 0.4) is 0 Å². The maximum atomic E-state index is 10.5. The van der Waals surface area contributed by atoms with E-state index in [9.17, 15) is 4.79 Å². The Kier molecular flexibility index (Phi) is 5.03. The topological polar surface area (TPSA) is 72.5 Å². The zero-order valence-corrected chi connectivity index (χ0v) is 13.9. The van der Waals surface area contributed by atoms with Gasteiger partial charge in [0.2, 0.25) is 0 Å². The van der Waals surface area contributed by atoms with Gasteiger partial charge in [0.1, 0.15) is 5.75 Å². The fourth-order valence-corrected chi connectivity index (χ4v) is 2.98. The number of nitrogens with two attached hydrogens (primary N) is 1. The summed E-state index contributed by atoms with van der Waals surface area (Å²) in [6.45, 7) is 0. The van der Waals surface area contributed by atoms with Crippen LogP contribution in [0, 0.1) is 0 Å². The van der Waals surface area contributed by atoms with E-state index in [1.54, 1.807) is 36.4 Å². The predicted molar refractivity (Wildman–Crippen MR) is 89.4 cm³/mol. The lowest BCUT2D eigenvalue weighted by atomic mass is 10.2. The van der Waals surface area contributed by atoms with E-state index < -0.39 is 5.97 Å². The molecular weight excluding hydrogens is 402 g/mol. The van der Waals surface area contributed by atoms with Crippen LogP contribution in [0.1, 0.15) is 5.56 Å². The molecule has 0 heterocycles. The van der Waals surface area contributed by atoms with Crippen molar-refractivity contribution in [1.29, 1.82) is 0 Å². The van der Waals surface area contributed by atoms with Crippen LogP contribution in [0.15, 0.2) is 51.4 Å². The number of carboxylic acids is 1. The van der Waals surface area contributed by atoms with Crippen LogP contribution in [0.25, 0.3) is 6.08 Å². The number of ether oxygens (including phenoxy) is 1. The average molecular weight is 413 g/mol. The van der Waals surface area contributed by atoms with Gasteiger partial charge in [0, 0.05) is 11.8 Å². The number of aliphatic carboxylic acids is 1. The van der Waals surface area contributed by atoms with E-state index in [4.69, 9.17) is 15.6 Å². The van der Waals surface area contributed by atoms with Crippen LogP contribution in [0.5, 0.6) is 11.5 Å². The Morgan fingerprint density at radius 3 is 2.24 bits per heavy atom. The quantitative estimate of drug-likeness (QED) is 0.564. The second-order valence-corrected chi connectivity index (χ2v) is 5.87. The van der Waals surface area contributed by atoms with Crippen molar-refractivity contribution >= 4 is 49.6 Å². The maximum Gasteiger partial charge on any atom is 0.328 e. The highest BCUT2D eigenvalue weighted by molar-refractivity contribution is 9.11. The number of carbonyl (C=O) groups is 1. The van der Waals surface area contributed by atoms with Crippen molar-refractivity contribution in [1.82, 2.24) is 0 Å². The Morgan fingerprint density at radius 2 is 1.71 bits per heavy atom. The molecule has 0 amide bonds. The minimum Gasteiger partial charge on any atom is -0.478 e. The normalized spacial score (nSPS) is 10.8. The lowest BCUT2D eigenvalue weighted by Crippen LogP contribution is -1.90. The molecule has 0 saturated carbocycles. The second kappa shape index (κ2) is 6.78. The van der Waals surface area contributed by atoms with Crippen molar-refractivity contribution in [3.8, 4) is 11.5 Å². The monoisotopic (exact) mass is 411 g/mol. The number of benzene rings is 2. The van der Waals surface area contributed by atoms with Gasteiger partial charge in [-0.1, -0.05) is 0 Å². The summed E-state index contributed by atoms with van der Waals surface area (Å²) in [5.41, 5.74) is 7.03. The van der Waals surface area contributed by atoms with Gasteiger partial charge in [-0.15, -0.1) is 0 Å². The van der Waals surface area contributed by atoms with E-state index in [0.29, 0.717) is 26.1 Å². The number of hydrogen-bond donors (Lipinski definition) is 2. The molecule has 0 saturated heterocycles. The SMILES string of the molecule is Nc1ccc(Oc2c(Br)cc(C=CC(=O)O)cc2Br)cc1. The smallest absolute Gasteiger partial charge is 0.328 e. The van der Waals surface area contributed by atoms with Gasteiger partial charge in [0.25, 0.3) is 0 Å². The second-order valence-electron chi connectivity index (χ2n) is 4.16. The first-order valence-corrected chi connectivity index (χ1v) is 7.48. The maximum absolute atomic E-state index is 10.5. The largest absolute Gasteiger partial charge is 0.478 e. The number of anilines is 1. The van der Waals surface area contributed by atoms with Gasteiger partial charge >= 0.3 is 5.97 Å². The summed E-state index contributed by atoms with van der Waals surface area (Å²) in [6.07, 6.45) is 2.58. The molecule has 2 aromatic rings. The van der Waals surface area contributed by atoms with Crippen molar-refractivity contribution in [2.75, 3.05) is 5.73 Å². The summed E-state index contributed by atoms with van der Waals surface area (Å²) >= 11 is 6.83. The van der Waals surface area contributed by atoms with Gasteiger partial charge in [0.05, 0.1) is 8.95 Å². The Morgan fingerprint density at radius 1 is 1.14 bits per heavy atom. The predicted octanol–water partition coefficient (Wildman–Crippen LogP) is 4.68. The first kappa shape index (κ1) is 15.6. The van der Waals surface area contributed by atoms with Gasteiger partial charge in [-0.3, -0.25) is 0 Å². The van der Waals surface area contributed by atoms with E-state index in [1.807, 2.05) is 0 Å². The molecule has 0 aliphatic rings. The standard InChI is InChI=1S/C15H11Br2NO3/c16-12-7-9(1-6-14(19)20)8-13(17)15(12)21-11-4-2-10(18)3-5-11/h1-8H,18H2,(H,19,20). The molecule has 0 atom stereocenters. The van der Waals surface area contributed by atoms with E-state index in [0.717, 1.165) is 11.6 Å². The molecule has 2 aromatic carbocycles. The van der Waals surface area contributed by atoms with Crippen molar-refractivity contribution in [2.24, 2.45) is 0 Å². The molecule has 0 radical (unpaired) electrons. The fourth-order valence-electron chi connectivity index (χ4n) is 1.59. The van der Waals surface area contributed by atoms with E-state index >= 15 is 0 Å². The van der Waals surface area contributed by atoms with E-state index in [1.165, 1.54) is 6.08 Å². The van der Waals surface area contributed by atoms with Crippen LogP contribution in [0.4, 0.5) is 5.69 Å². The molecule has 3 N–H and O–H groups in total. The van der Waals surface area contributed by atoms with Crippen LogP contribution < -0.4 is 10.5 Å². The molecular formula is C15H11Br2NO3. The third-order valence-corrected chi connectivity index (χ3v) is 3.72. The molecule has 0 aromatic heterocycles. The number of nitrogen functional groups attached to an aromatic ring is 1. The van der Waals surface area contributed by atoms with E-state index in [-0.39, 0.29) is 0 Å².